The molecule has 1 saturated heterocycles. The second kappa shape index (κ2) is 7.42. The van der Waals surface area contributed by atoms with E-state index in [4.69, 9.17) is 0 Å². The van der Waals surface area contributed by atoms with Gasteiger partial charge in [0.1, 0.15) is 5.82 Å². The molecule has 0 radical (unpaired) electrons. The van der Waals surface area contributed by atoms with Crippen molar-refractivity contribution in [2.75, 3.05) is 25.5 Å². The summed E-state index contributed by atoms with van der Waals surface area (Å²) in [5.74, 6) is 1.57. The third-order valence-corrected chi connectivity index (χ3v) is 5.76. The van der Waals surface area contributed by atoms with Crippen molar-refractivity contribution < 1.29 is 13.2 Å². The number of H-pyrrole nitrogens is 1. The van der Waals surface area contributed by atoms with Crippen LogP contribution in [0.5, 0.6) is 0 Å². The molecule has 2 heterocycles. The normalized spacial score (nSPS) is 17.9. The van der Waals surface area contributed by atoms with E-state index in [-0.39, 0.29) is 16.8 Å². The summed E-state index contributed by atoms with van der Waals surface area (Å²) in [5, 5.41) is 9.80. The minimum absolute atomic E-state index is 0.0930. The predicted molar refractivity (Wildman–Crippen MR) is 96.4 cm³/mol. The van der Waals surface area contributed by atoms with E-state index in [0.29, 0.717) is 18.8 Å². The van der Waals surface area contributed by atoms with Gasteiger partial charge in [-0.3, -0.25) is 5.10 Å². The van der Waals surface area contributed by atoms with E-state index in [1.807, 2.05) is 6.92 Å². The van der Waals surface area contributed by atoms with E-state index in [1.165, 1.54) is 19.2 Å². The Bertz CT molecular complexity index is 895. The van der Waals surface area contributed by atoms with Gasteiger partial charge in [-0.2, -0.15) is 5.10 Å². The molecular weight excluding hydrogens is 356 g/mol. The highest BCUT2D eigenvalue weighted by atomic mass is 32.2. The first kappa shape index (κ1) is 18.3. The summed E-state index contributed by atoms with van der Waals surface area (Å²) < 4.78 is 26.0. The first-order valence-corrected chi connectivity index (χ1v) is 9.86. The number of nitrogens with one attached hydrogen (secondary N) is 3. The molecule has 1 aromatic heterocycles. The molecule has 0 spiro atoms. The Balaban J connectivity index is 1.69. The van der Waals surface area contributed by atoms with Gasteiger partial charge in [-0.05, 0) is 45.0 Å². The van der Waals surface area contributed by atoms with Crippen molar-refractivity contribution >= 4 is 21.7 Å². The number of aromatic nitrogens is 3. The fourth-order valence-electron chi connectivity index (χ4n) is 2.98. The van der Waals surface area contributed by atoms with Crippen molar-refractivity contribution in [2.45, 2.75) is 30.6 Å². The molecule has 0 saturated carbocycles. The molecule has 1 unspecified atom stereocenters. The van der Waals surface area contributed by atoms with Crippen molar-refractivity contribution in [3.63, 3.8) is 0 Å². The van der Waals surface area contributed by atoms with Crippen molar-refractivity contribution in [3.8, 4) is 0 Å². The summed E-state index contributed by atoms with van der Waals surface area (Å²) in [5.41, 5.74) is 0.433. The number of piperidine rings is 1. The summed E-state index contributed by atoms with van der Waals surface area (Å²) in [4.78, 5) is 18.8. The van der Waals surface area contributed by atoms with Crippen LogP contribution in [0.3, 0.4) is 0 Å². The Morgan fingerprint density at radius 3 is 2.88 bits per heavy atom. The molecule has 1 fully saturated rings. The number of amides is 2. The molecule has 3 N–H and O–H groups in total. The van der Waals surface area contributed by atoms with Crippen LogP contribution >= 0.6 is 0 Å². The van der Waals surface area contributed by atoms with Gasteiger partial charge in [-0.25, -0.2) is 22.9 Å². The van der Waals surface area contributed by atoms with Crippen LogP contribution in [0.4, 0.5) is 10.5 Å². The van der Waals surface area contributed by atoms with Crippen LogP contribution in [-0.4, -0.2) is 54.7 Å². The molecule has 1 aromatic carbocycles. The number of carbonyl (C=O) groups is 1. The Hall–Kier alpha value is -2.46. The smallest absolute Gasteiger partial charge is 0.321 e. The van der Waals surface area contributed by atoms with E-state index >= 15 is 0 Å². The van der Waals surface area contributed by atoms with Gasteiger partial charge in [0.05, 0.1) is 4.90 Å². The Kier molecular flexibility index (Phi) is 5.23. The Morgan fingerprint density at radius 1 is 1.38 bits per heavy atom. The topological polar surface area (TPSA) is 120 Å². The van der Waals surface area contributed by atoms with Gasteiger partial charge >= 0.3 is 6.03 Å². The number of aryl methyl sites for hydroxylation is 1. The number of likely N-dealkylation sites (tertiary alicyclic amines) is 1. The molecule has 0 aliphatic carbocycles. The minimum atomic E-state index is -3.56. The zero-order valence-corrected chi connectivity index (χ0v) is 15.5. The average molecular weight is 378 g/mol. The van der Waals surface area contributed by atoms with Gasteiger partial charge < -0.3 is 10.2 Å². The number of rotatable bonds is 4. The molecule has 1 aliphatic rings. The summed E-state index contributed by atoms with van der Waals surface area (Å²) >= 11 is 0. The number of benzene rings is 1. The van der Waals surface area contributed by atoms with Crippen LogP contribution in [0.25, 0.3) is 0 Å². The maximum absolute atomic E-state index is 12.6. The summed E-state index contributed by atoms with van der Waals surface area (Å²) in [6.07, 6.45) is 1.79. The molecule has 140 valence electrons. The number of sulfonamides is 1. The number of hydrogen-bond donors (Lipinski definition) is 3. The lowest BCUT2D eigenvalue weighted by Gasteiger charge is -2.31. The van der Waals surface area contributed by atoms with Crippen molar-refractivity contribution in [3.05, 3.63) is 35.9 Å². The van der Waals surface area contributed by atoms with Crippen LogP contribution < -0.4 is 10.0 Å². The lowest BCUT2D eigenvalue weighted by Crippen LogP contribution is -2.41. The van der Waals surface area contributed by atoms with Gasteiger partial charge in [0.25, 0.3) is 0 Å². The quantitative estimate of drug-likeness (QED) is 0.743. The second-order valence-electron chi connectivity index (χ2n) is 6.23. The standard InChI is InChI=1S/C16H22N6O3S/c1-11-18-15(21-20-11)12-5-4-8-22(10-12)16(23)19-13-6-3-7-14(9-13)26(24,25)17-2/h3,6-7,9,12,17H,4-5,8,10H2,1-2H3,(H,19,23)(H,18,20,21). The van der Waals surface area contributed by atoms with Crippen LogP contribution in [0, 0.1) is 6.92 Å². The summed E-state index contributed by atoms with van der Waals surface area (Å²) in [6.45, 7) is 3.01. The largest absolute Gasteiger partial charge is 0.324 e. The zero-order chi connectivity index (χ0) is 18.7. The third kappa shape index (κ3) is 4.02. The molecule has 2 aromatic rings. The van der Waals surface area contributed by atoms with Gasteiger partial charge in [0.2, 0.25) is 10.0 Å². The third-order valence-electron chi connectivity index (χ3n) is 4.35. The fourth-order valence-corrected chi connectivity index (χ4v) is 3.75. The number of carbonyl (C=O) groups excluding carboxylic acids is 1. The molecule has 1 aliphatic heterocycles. The van der Waals surface area contributed by atoms with E-state index in [0.717, 1.165) is 24.5 Å². The Labute approximate surface area is 152 Å². The number of hydrogen-bond acceptors (Lipinski definition) is 5. The first-order chi connectivity index (χ1) is 12.4. The lowest BCUT2D eigenvalue weighted by molar-refractivity contribution is 0.191. The zero-order valence-electron chi connectivity index (χ0n) is 14.7. The molecule has 26 heavy (non-hydrogen) atoms. The minimum Gasteiger partial charge on any atom is -0.324 e. The molecular formula is C16H22N6O3S. The maximum Gasteiger partial charge on any atom is 0.321 e. The van der Waals surface area contributed by atoms with Crippen LogP contribution in [0.1, 0.15) is 30.4 Å². The molecule has 3 rings (SSSR count). The first-order valence-electron chi connectivity index (χ1n) is 8.37. The molecule has 9 nitrogen and oxygen atoms in total. The number of urea groups is 1. The molecule has 10 heteroatoms. The average Bonchev–Trinajstić information content (AvgIpc) is 3.08. The van der Waals surface area contributed by atoms with E-state index in [1.54, 1.807) is 17.0 Å². The van der Waals surface area contributed by atoms with Gasteiger partial charge in [0, 0.05) is 24.7 Å². The lowest BCUT2D eigenvalue weighted by atomic mass is 9.98. The highest BCUT2D eigenvalue weighted by molar-refractivity contribution is 7.89. The number of aromatic amines is 1. The van der Waals surface area contributed by atoms with Gasteiger partial charge in [0.15, 0.2) is 5.82 Å². The Morgan fingerprint density at radius 2 is 2.19 bits per heavy atom. The fraction of sp³-hybridized carbons (Fsp3) is 0.438. The summed E-state index contributed by atoms with van der Waals surface area (Å²) in [7, 11) is -2.21. The molecule has 2 amide bonds. The van der Waals surface area contributed by atoms with Crippen LogP contribution in [0.2, 0.25) is 0 Å². The highest BCUT2D eigenvalue weighted by Crippen LogP contribution is 2.25. The van der Waals surface area contributed by atoms with Crippen molar-refractivity contribution in [1.29, 1.82) is 0 Å². The SMILES string of the molecule is CNS(=O)(=O)c1cccc(NC(=O)N2CCCC(c3n[nH]c(C)n3)C2)c1. The maximum atomic E-state index is 12.6. The summed E-state index contributed by atoms with van der Waals surface area (Å²) in [6, 6.07) is 5.90. The van der Waals surface area contributed by atoms with E-state index < -0.39 is 10.0 Å². The number of nitrogens with zero attached hydrogens (tertiary/aromatic N) is 3. The molecule has 1 atom stereocenters. The molecule has 0 bridgehead atoms. The van der Waals surface area contributed by atoms with Crippen LogP contribution in [0.15, 0.2) is 29.2 Å². The predicted octanol–water partition coefficient (Wildman–Crippen LogP) is 1.43. The van der Waals surface area contributed by atoms with Crippen molar-refractivity contribution in [2.24, 2.45) is 0 Å². The van der Waals surface area contributed by atoms with E-state index in [9.17, 15) is 13.2 Å². The highest BCUT2D eigenvalue weighted by Gasteiger charge is 2.27. The monoisotopic (exact) mass is 378 g/mol. The van der Waals surface area contributed by atoms with Gasteiger partial charge in [-0.15, -0.1) is 0 Å². The van der Waals surface area contributed by atoms with Crippen LogP contribution in [-0.2, 0) is 10.0 Å². The second-order valence-corrected chi connectivity index (χ2v) is 8.12. The van der Waals surface area contributed by atoms with Gasteiger partial charge in [-0.1, -0.05) is 6.07 Å². The van der Waals surface area contributed by atoms with E-state index in [2.05, 4.69) is 25.2 Å². The van der Waals surface area contributed by atoms with Crippen molar-refractivity contribution in [1.82, 2.24) is 24.8 Å². The number of anilines is 1.